The fourth-order valence-electron chi connectivity index (χ4n) is 3.92. The van der Waals surface area contributed by atoms with Gasteiger partial charge in [0.05, 0.1) is 12.5 Å². The first-order chi connectivity index (χ1) is 12.1. The van der Waals surface area contributed by atoms with E-state index in [0.717, 1.165) is 49.4 Å². The van der Waals surface area contributed by atoms with Gasteiger partial charge in [0.2, 0.25) is 5.91 Å². The van der Waals surface area contributed by atoms with Crippen molar-refractivity contribution in [2.75, 3.05) is 20.2 Å². The summed E-state index contributed by atoms with van der Waals surface area (Å²) < 4.78 is 6.95. The summed E-state index contributed by atoms with van der Waals surface area (Å²) in [6.07, 6.45) is 3.85. The first kappa shape index (κ1) is 16.1. The summed E-state index contributed by atoms with van der Waals surface area (Å²) in [5, 5.41) is 11.8. The molecular formula is C18H23N5O2. The summed E-state index contributed by atoms with van der Waals surface area (Å²) in [7, 11) is 3.51. The van der Waals surface area contributed by atoms with Crippen molar-refractivity contribution in [2.24, 2.45) is 7.05 Å². The highest BCUT2D eigenvalue weighted by Crippen LogP contribution is 2.50. The molecule has 1 saturated carbocycles. The lowest BCUT2D eigenvalue weighted by molar-refractivity contribution is -0.135. The van der Waals surface area contributed by atoms with Crippen LogP contribution < -0.4 is 4.74 Å². The molecule has 2 aromatic rings. The number of hydrogen-bond acceptors (Lipinski definition) is 5. The van der Waals surface area contributed by atoms with E-state index in [1.165, 1.54) is 0 Å². The first-order valence-electron chi connectivity index (χ1n) is 8.80. The van der Waals surface area contributed by atoms with E-state index in [9.17, 15) is 4.79 Å². The molecule has 1 aliphatic heterocycles. The van der Waals surface area contributed by atoms with E-state index in [-0.39, 0.29) is 17.2 Å². The van der Waals surface area contributed by atoms with Gasteiger partial charge in [0, 0.05) is 26.1 Å². The molecule has 2 aliphatic rings. The summed E-state index contributed by atoms with van der Waals surface area (Å²) in [4.78, 5) is 15.3. The average Bonchev–Trinajstić information content (AvgIpc) is 3.36. The van der Waals surface area contributed by atoms with Crippen molar-refractivity contribution in [3.63, 3.8) is 0 Å². The molecule has 2 heterocycles. The van der Waals surface area contributed by atoms with Crippen LogP contribution in [0, 0.1) is 0 Å². The Morgan fingerprint density at radius 3 is 2.64 bits per heavy atom. The van der Waals surface area contributed by atoms with Crippen LogP contribution in [0.1, 0.15) is 43.0 Å². The molecule has 1 amide bonds. The molecule has 25 heavy (non-hydrogen) atoms. The van der Waals surface area contributed by atoms with E-state index in [4.69, 9.17) is 4.74 Å². The lowest BCUT2D eigenvalue weighted by Crippen LogP contribution is -2.45. The minimum absolute atomic E-state index is 0.212. The molecule has 4 rings (SSSR count). The summed E-state index contributed by atoms with van der Waals surface area (Å²) in [5.41, 5.74) is 0.757. The highest BCUT2D eigenvalue weighted by molar-refractivity contribution is 5.91. The molecule has 0 spiro atoms. The molecule has 1 aromatic carbocycles. The SMILES string of the molecule is COc1ccc(C2(C(=O)N3CCCC(c4nnnn4C)C3)CC2)cc1. The minimum atomic E-state index is -0.341. The number of benzene rings is 1. The van der Waals surface area contributed by atoms with Crippen LogP contribution in [-0.4, -0.2) is 51.2 Å². The maximum Gasteiger partial charge on any atom is 0.233 e. The molecule has 2 fully saturated rings. The summed E-state index contributed by atoms with van der Waals surface area (Å²) in [6.45, 7) is 1.52. The lowest BCUT2D eigenvalue weighted by atomic mass is 9.91. The first-order valence-corrected chi connectivity index (χ1v) is 8.80. The number of likely N-dealkylation sites (tertiary alicyclic amines) is 1. The predicted octanol–water partition coefficient (Wildman–Crippen LogP) is 1.66. The largest absolute Gasteiger partial charge is 0.497 e. The normalized spacial score (nSPS) is 21.8. The second-order valence-electron chi connectivity index (χ2n) is 7.06. The van der Waals surface area contributed by atoms with Gasteiger partial charge in [0.15, 0.2) is 5.82 Å². The number of tetrazole rings is 1. The average molecular weight is 341 g/mol. The molecule has 1 unspecified atom stereocenters. The number of methoxy groups -OCH3 is 1. The number of aryl methyl sites for hydroxylation is 1. The molecule has 1 aliphatic carbocycles. The lowest BCUT2D eigenvalue weighted by Gasteiger charge is -2.34. The van der Waals surface area contributed by atoms with Crippen LogP contribution in [0.4, 0.5) is 0 Å². The van der Waals surface area contributed by atoms with Crippen molar-refractivity contribution in [1.82, 2.24) is 25.1 Å². The standard InChI is InChI=1S/C18H23N5O2/c1-22-16(19-20-21-22)13-4-3-11-23(12-13)17(24)18(9-10-18)14-5-7-15(25-2)8-6-14/h5-8,13H,3-4,9-12H2,1-2H3. The van der Waals surface area contributed by atoms with Crippen LogP contribution in [0.15, 0.2) is 24.3 Å². The molecule has 132 valence electrons. The van der Waals surface area contributed by atoms with Gasteiger partial charge in [0.25, 0.3) is 0 Å². The molecule has 7 nitrogen and oxygen atoms in total. The number of piperidine rings is 1. The van der Waals surface area contributed by atoms with Gasteiger partial charge in [-0.25, -0.2) is 4.68 Å². The van der Waals surface area contributed by atoms with E-state index in [2.05, 4.69) is 15.5 Å². The zero-order valence-corrected chi connectivity index (χ0v) is 14.7. The van der Waals surface area contributed by atoms with Gasteiger partial charge in [0.1, 0.15) is 5.75 Å². The number of ether oxygens (including phenoxy) is 1. The third kappa shape index (κ3) is 2.77. The van der Waals surface area contributed by atoms with Crippen molar-refractivity contribution >= 4 is 5.91 Å². The Morgan fingerprint density at radius 1 is 1.28 bits per heavy atom. The Morgan fingerprint density at radius 2 is 2.04 bits per heavy atom. The molecule has 7 heteroatoms. The molecule has 0 bridgehead atoms. The number of nitrogens with zero attached hydrogens (tertiary/aromatic N) is 5. The van der Waals surface area contributed by atoms with Crippen LogP contribution in [0.2, 0.25) is 0 Å². The van der Waals surface area contributed by atoms with Crippen LogP contribution in [-0.2, 0) is 17.3 Å². The molecule has 0 N–H and O–H groups in total. The van der Waals surface area contributed by atoms with Gasteiger partial charge in [-0.15, -0.1) is 5.10 Å². The quantitative estimate of drug-likeness (QED) is 0.845. The van der Waals surface area contributed by atoms with E-state index in [1.807, 2.05) is 36.2 Å². The Labute approximate surface area is 147 Å². The number of rotatable bonds is 4. The Kier molecular flexibility index (Phi) is 3.94. The maximum absolute atomic E-state index is 13.3. The van der Waals surface area contributed by atoms with Crippen molar-refractivity contribution in [2.45, 2.75) is 37.0 Å². The van der Waals surface area contributed by atoms with Gasteiger partial charge in [-0.2, -0.15) is 0 Å². The third-order valence-corrected chi connectivity index (χ3v) is 5.53. The second kappa shape index (κ2) is 6.13. The van der Waals surface area contributed by atoms with Crippen LogP contribution in [0.25, 0.3) is 0 Å². The summed E-state index contributed by atoms with van der Waals surface area (Å²) in [6, 6.07) is 7.93. The number of aromatic nitrogens is 4. The Balaban J connectivity index is 1.52. The van der Waals surface area contributed by atoms with Gasteiger partial charge in [-0.3, -0.25) is 4.79 Å². The zero-order chi connectivity index (χ0) is 17.4. The molecule has 1 atom stereocenters. The van der Waals surface area contributed by atoms with Crippen molar-refractivity contribution < 1.29 is 9.53 Å². The highest BCUT2D eigenvalue weighted by Gasteiger charge is 2.53. The van der Waals surface area contributed by atoms with Gasteiger partial charge >= 0.3 is 0 Å². The fourth-order valence-corrected chi connectivity index (χ4v) is 3.92. The topological polar surface area (TPSA) is 73.1 Å². The van der Waals surface area contributed by atoms with Crippen molar-refractivity contribution in [1.29, 1.82) is 0 Å². The van der Waals surface area contributed by atoms with Crippen molar-refractivity contribution in [3.8, 4) is 5.75 Å². The van der Waals surface area contributed by atoms with Crippen LogP contribution in [0.5, 0.6) is 5.75 Å². The molecule has 1 saturated heterocycles. The number of amides is 1. The summed E-state index contributed by atoms with van der Waals surface area (Å²) >= 11 is 0. The second-order valence-corrected chi connectivity index (χ2v) is 7.06. The molecular weight excluding hydrogens is 318 g/mol. The number of carbonyl (C=O) groups excluding carboxylic acids is 1. The Hall–Kier alpha value is -2.44. The number of carbonyl (C=O) groups is 1. The van der Waals surface area contributed by atoms with Gasteiger partial charge in [-0.05, 0) is 53.8 Å². The maximum atomic E-state index is 13.3. The predicted molar refractivity (Wildman–Crippen MR) is 91.3 cm³/mol. The van der Waals surface area contributed by atoms with E-state index in [1.54, 1.807) is 11.8 Å². The zero-order valence-electron chi connectivity index (χ0n) is 14.7. The monoisotopic (exact) mass is 341 g/mol. The van der Waals surface area contributed by atoms with Gasteiger partial charge in [-0.1, -0.05) is 12.1 Å². The molecule has 1 aromatic heterocycles. The smallest absolute Gasteiger partial charge is 0.233 e. The van der Waals surface area contributed by atoms with Crippen LogP contribution >= 0.6 is 0 Å². The summed E-state index contributed by atoms with van der Waals surface area (Å²) in [5.74, 6) is 2.15. The van der Waals surface area contributed by atoms with Crippen LogP contribution in [0.3, 0.4) is 0 Å². The van der Waals surface area contributed by atoms with Gasteiger partial charge < -0.3 is 9.64 Å². The third-order valence-electron chi connectivity index (χ3n) is 5.53. The fraction of sp³-hybridized carbons (Fsp3) is 0.556. The van der Waals surface area contributed by atoms with E-state index in [0.29, 0.717) is 6.54 Å². The molecule has 0 radical (unpaired) electrons. The minimum Gasteiger partial charge on any atom is -0.497 e. The number of hydrogen-bond donors (Lipinski definition) is 0. The van der Waals surface area contributed by atoms with Crippen molar-refractivity contribution in [3.05, 3.63) is 35.7 Å². The Bertz CT molecular complexity index is 766. The van der Waals surface area contributed by atoms with E-state index >= 15 is 0 Å². The van der Waals surface area contributed by atoms with E-state index < -0.39 is 0 Å². The highest BCUT2D eigenvalue weighted by atomic mass is 16.5.